The maximum absolute atomic E-state index is 12.5. The molecule has 2 fully saturated rings. The molecule has 1 saturated heterocycles. The molecule has 20 heavy (non-hydrogen) atoms. The van der Waals surface area contributed by atoms with Crippen LogP contribution < -0.4 is 10.5 Å². The Bertz CT molecular complexity index is 413. The second-order valence-corrected chi connectivity index (χ2v) is 8.39. The lowest BCUT2D eigenvalue weighted by Gasteiger charge is -2.36. The van der Waals surface area contributed by atoms with E-state index in [0.29, 0.717) is 37.4 Å². The molecular formula is C14H29N3O2S. The lowest BCUT2D eigenvalue weighted by atomic mass is 9.79. The van der Waals surface area contributed by atoms with Gasteiger partial charge < -0.3 is 5.73 Å². The Labute approximate surface area is 123 Å². The van der Waals surface area contributed by atoms with Crippen LogP contribution in [-0.2, 0) is 10.2 Å². The van der Waals surface area contributed by atoms with E-state index in [1.165, 1.54) is 0 Å². The third-order valence-electron chi connectivity index (χ3n) is 5.07. The number of rotatable bonds is 4. The van der Waals surface area contributed by atoms with E-state index in [-0.39, 0.29) is 6.04 Å². The molecule has 0 bridgehead atoms. The summed E-state index contributed by atoms with van der Waals surface area (Å²) in [7, 11) is -3.34. The molecule has 2 aliphatic rings. The summed E-state index contributed by atoms with van der Waals surface area (Å²) >= 11 is 0. The van der Waals surface area contributed by atoms with E-state index in [1.807, 2.05) is 0 Å². The normalized spacial score (nSPS) is 37.0. The Morgan fingerprint density at radius 1 is 1.20 bits per heavy atom. The van der Waals surface area contributed by atoms with Gasteiger partial charge in [-0.05, 0) is 56.4 Å². The van der Waals surface area contributed by atoms with Gasteiger partial charge in [-0.3, -0.25) is 0 Å². The smallest absolute Gasteiger partial charge is 0.279 e. The first-order chi connectivity index (χ1) is 9.42. The predicted octanol–water partition coefficient (Wildman–Crippen LogP) is 1.32. The Morgan fingerprint density at radius 3 is 2.60 bits per heavy atom. The molecule has 0 spiro atoms. The first kappa shape index (κ1) is 16.2. The average Bonchev–Trinajstić information content (AvgIpc) is 2.43. The number of hydrogen-bond acceptors (Lipinski definition) is 3. The van der Waals surface area contributed by atoms with E-state index in [2.05, 4.69) is 18.6 Å². The zero-order valence-corrected chi connectivity index (χ0v) is 13.5. The molecule has 1 aliphatic heterocycles. The van der Waals surface area contributed by atoms with E-state index in [0.717, 1.165) is 32.1 Å². The Morgan fingerprint density at radius 2 is 1.95 bits per heavy atom. The zero-order chi connectivity index (χ0) is 14.8. The summed E-state index contributed by atoms with van der Waals surface area (Å²) in [6, 6.07) is 0.101. The van der Waals surface area contributed by atoms with Crippen LogP contribution in [0, 0.1) is 17.8 Å². The molecule has 5 nitrogen and oxygen atoms in total. The van der Waals surface area contributed by atoms with Gasteiger partial charge in [0.25, 0.3) is 10.2 Å². The molecule has 3 N–H and O–H groups in total. The maximum atomic E-state index is 12.5. The average molecular weight is 303 g/mol. The van der Waals surface area contributed by atoms with Gasteiger partial charge in [-0.25, -0.2) is 0 Å². The number of piperidine rings is 1. The molecule has 4 atom stereocenters. The summed E-state index contributed by atoms with van der Waals surface area (Å²) in [6.07, 6.45) is 4.98. The number of hydrogen-bond donors (Lipinski definition) is 2. The van der Waals surface area contributed by atoms with Crippen molar-refractivity contribution in [2.24, 2.45) is 23.5 Å². The lowest BCUT2D eigenvalue weighted by Crippen LogP contribution is -2.51. The van der Waals surface area contributed by atoms with Crippen molar-refractivity contribution in [3.63, 3.8) is 0 Å². The first-order valence-electron chi connectivity index (χ1n) is 7.90. The van der Waals surface area contributed by atoms with Crippen LogP contribution in [0.3, 0.4) is 0 Å². The second kappa shape index (κ2) is 6.73. The third kappa shape index (κ3) is 3.93. The molecule has 1 aliphatic carbocycles. The van der Waals surface area contributed by atoms with Crippen LogP contribution in [-0.4, -0.2) is 38.4 Å². The molecule has 2 rings (SSSR count). The van der Waals surface area contributed by atoms with Crippen molar-refractivity contribution in [2.45, 2.75) is 52.0 Å². The largest absolute Gasteiger partial charge is 0.330 e. The minimum atomic E-state index is -3.34. The summed E-state index contributed by atoms with van der Waals surface area (Å²) in [5, 5.41) is 0. The summed E-state index contributed by atoms with van der Waals surface area (Å²) in [6.45, 7) is 6.25. The van der Waals surface area contributed by atoms with Gasteiger partial charge in [-0.15, -0.1) is 0 Å². The highest BCUT2D eigenvalue weighted by Crippen LogP contribution is 2.30. The second-order valence-electron chi connectivity index (χ2n) is 6.69. The topological polar surface area (TPSA) is 75.4 Å². The Balaban J connectivity index is 1.93. The van der Waals surface area contributed by atoms with Crippen molar-refractivity contribution >= 4 is 10.2 Å². The van der Waals surface area contributed by atoms with E-state index in [1.54, 1.807) is 4.31 Å². The molecule has 0 aromatic heterocycles. The van der Waals surface area contributed by atoms with E-state index in [9.17, 15) is 8.42 Å². The molecule has 0 amide bonds. The van der Waals surface area contributed by atoms with Gasteiger partial charge in [0.1, 0.15) is 0 Å². The summed E-state index contributed by atoms with van der Waals surface area (Å²) in [5.74, 6) is 1.60. The minimum absolute atomic E-state index is 0.101. The van der Waals surface area contributed by atoms with Crippen LogP contribution >= 0.6 is 0 Å². The molecule has 1 saturated carbocycles. The van der Waals surface area contributed by atoms with Crippen molar-refractivity contribution < 1.29 is 8.42 Å². The van der Waals surface area contributed by atoms with Crippen molar-refractivity contribution in [1.82, 2.24) is 9.03 Å². The van der Waals surface area contributed by atoms with Crippen molar-refractivity contribution in [3.05, 3.63) is 0 Å². The van der Waals surface area contributed by atoms with Gasteiger partial charge in [0.05, 0.1) is 0 Å². The van der Waals surface area contributed by atoms with E-state index < -0.39 is 10.2 Å². The van der Waals surface area contributed by atoms with Crippen LogP contribution in [0.5, 0.6) is 0 Å². The molecule has 1 heterocycles. The SMILES string of the molecule is CC1CCC(NS(=O)(=O)N2CCCC(CN)C2)CC1C. The summed E-state index contributed by atoms with van der Waals surface area (Å²) in [5.41, 5.74) is 5.68. The van der Waals surface area contributed by atoms with Gasteiger partial charge in [0, 0.05) is 19.1 Å². The Kier molecular flexibility index (Phi) is 5.45. The minimum Gasteiger partial charge on any atom is -0.330 e. The molecule has 4 unspecified atom stereocenters. The highest BCUT2D eigenvalue weighted by Gasteiger charge is 2.32. The fourth-order valence-corrected chi connectivity index (χ4v) is 4.94. The number of nitrogens with one attached hydrogen (secondary N) is 1. The maximum Gasteiger partial charge on any atom is 0.279 e. The van der Waals surface area contributed by atoms with E-state index in [4.69, 9.17) is 5.73 Å². The standard InChI is InChI=1S/C14H29N3O2S/c1-11-5-6-14(8-12(11)2)16-20(18,19)17-7-3-4-13(9-15)10-17/h11-14,16H,3-10,15H2,1-2H3. The fraction of sp³-hybridized carbons (Fsp3) is 1.00. The first-order valence-corrected chi connectivity index (χ1v) is 9.34. The van der Waals surface area contributed by atoms with Crippen molar-refractivity contribution in [1.29, 1.82) is 0 Å². The fourth-order valence-electron chi connectivity index (χ4n) is 3.38. The van der Waals surface area contributed by atoms with Gasteiger partial charge in [0.15, 0.2) is 0 Å². The number of nitrogens with two attached hydrogens (primary N) is 1. The predicted molar refractivity (Wildman–Crippen MR) is 81.4 cm³/mol. The van der Waals surface area contributed by atoms with Crippen LogP contribution in [0.1, 0.15) is 46.0 Å². The van der Waals surface area contributed by atoms with Gasteiger partial charge in [0.2, 0.25) is 0 Å². The van der Waals surface area contributed by atoms with Crippen LogP contribution in [0.4, 0.5) is 0 Å². The monoisotopic (exact) mass is 303 g/mol. The molecule has 118 valence electrons. The molecular weight excluding hydrogens is 274 g/mol. The third-order valence-corrected chi connectivity index (χ3v) is 6.71. The van der Waals surface area contributed by atoms with Gasteiger partial charge in [-0.2, -0.15) is 17.4 Å². The van der Waals surface area contributed by atoms with Crippen LogP contribution in [0.2, 0.25) is 0 Å². The van der Waals surface area contributed by atoms with Crippen molar-refractivity contribution in [3.8, 4) is 0 Å². The zero-order valence-electron chi connectivity index (χ0n) is 12.7. The Hall–Kier alpha value is -0.170. The summed E-state index contributed by atoms with van der Waals surface area (Å²) < 4.78 is 29.5. The number of nitrogens with zero attached hydrogens (tertiary/aromatic N) is 1. The van der Waals surface area contributed by atoms with Crippen LogP contribution in [0.15, 0.2) is 0 Å². The van der Waals surface area contributed by atoms with E-state index >= 15 is 0 Å². The van der Waals surface area contributed by atoms with Gasteiger partial charge >= 0.3 is 0 Å². The van der Waals surface area contributed by atoms with Crippen LogP contribution in [0.25, 0.3) is 0 Å². The highest BCUT2D eigenvalue weighted by molar-refractivity contribution is 7.87. The highest BCUT2D eigenvalue weighted by atomic mass is 32.2. The molecule has 6 heteroatoms. The quantitative estimate of drug-likeness (QED) is 0.822. The molecule has 0 aromatic carbocycles. The lowest BCUT2D eigenvalue weighted by molar-refractivity contribution is 0.232. The molecule has 0 aromatic rings. The van der Waals surface area contributed by atoms with Crippen molar-refractivity contribution in [2.75, 3.05) is 19.6 Å². The molecule has 0 radical (unpaired) electrons. The van der Waals surface area contributed by atoms with Gasteiger partial charge in [-0.1, -0.05) is 13.8 Å². The summed E-state index contributed by atoms with van der Waals surface area (Å²) in [4.78, 5) is 0.